The van der Waals surface area contributed by atoms with Gasteiger partial charge >= 0.3 is 0 Å². The molecule has 3 aromatic heterocycles. The van der Waals surface area contributed by atoms with Crippen LogP contribution in [-0.4, -0.2) is 16.5 Å². The summed E-state index contributed by atoms with van der Waals surface area (Å²) in [6.45, 7) is 3.31. The number of rotatable bonds is 2. The lowest BCUT2D eigenvalue weighted by Crippen LogP contribution is -2.35. The molecule has 102 valence electrons. The summed E-state index contributed by atoms with van der Waals surface area (Å²) in [6.07, 6.45) is 3.93. The summed E-state index contributed by atoms with van der Waals surface area (Å²) in [5, 5.41) is 5.51. The Morgan fingerprint density at radius 1 is 1.25 bits per heavy atom. The average Bonchev–Trinajstić information content (AvgIpc) is 3.13. The van der Waals surface area contributed by atoms with E-state index >= 15 is 0 Å². The average molecular weight is 301 g/mol. The van der Waals surface area contributed by atoms with Gasteiger partial charge in [0.2, 0.25) is 0 Å². The van der Waals surface area contributed by atoms with Gasteiger partial charge in [-0.2, -0.15) is 0 Å². The molecule has 0 amide bonds. The molecule has 0 bridgehead atoms. The van der Waals surface area contributed by atoms with Crippen LogP contribution in [0.3, 0.4) is 0 Å². The minimum Gasteiger partial charge on any atom is -0.349 e. The van der Waals surface area contributed by atoms with Crippen LogP contribution in [0.2, 0.25) is 0 Å². The minimum absolute atomic E-state index is 0.447. The largest absolute Gasteiger partial charge is 0.349 e. The molecule has 4 heterocycles. The maximum Gasteiger partial charge on any atom is 0.141 e. The highest BCUT2D eigenvalue weighted by atomic mass is 32.1. The molecule has 3 nitrogen and oxygen atoms in total. The zero-order valence-electron chi connectivity index (χ0n) is 11.2. The highest BCUT2D eigenvalue weighted by Crippen LogP contribution is 2.39. The van der Waals surface area contributed by atoms with Gasteiger partial charge in [0.25, 0.3) is 0 Å². The lowest BCUT2D eigenvalue weighted by Gasteiger charge is -2.36. The fourth-order valence-electron chi connectivity index (χ4n) is 3.10. The molecular formula is C15H15N3S2. The number of fused-ring (bicyclic) bond motifs is 2. The van der Waals surface area contributed by atoms with Gasteiger partial charge in [-0.15, -0.1) is 22.7 Å². The summed E-state index contributed by atoms with van der Waals surface area (Å²) in [6, 6.07) is 4.88. The molecule has 0 spiro atoms. The second kappa shape index (κ2) is 4.82. The Hall–Kier alpha value is -1.46. The highest BCUT2D eigenvalue weighted by Gasteiger charge is 2.28. The normalized spacial score (nSPS) is 18.4. The van der Waals surface area contributed by atoms with Crippen molar-refractivity contribution in [3.63, 3.8) is 0 Å². The van der Waals surface area contributed by atoms with E-state index in [1.54, 1.807) is 22.5 Å². The lowest BCUT2D eigenvalue weighted by molar-refractivity contribution is 0.569. The molecule has 0 aliphatic carbocycles. The van der Waals surface area contributed by atoms with Crippen molar-refractivity contribution in [3.05, 3.63) is 39.7 Å². The molecule has 5 heteroatoms. The number of hydrogen-bond donors (Lipinski definition) is 0. The molecule has 1 aliphatic heterocycles. The summed E-state index contributed by atoms with van der Waals surface area (Å²) >= 11 is 3.58. The number of hydrogen-bond acceptors (Lipinski definition) is 5. The molecule has 20 heavy (non-hydrogen) atoms. The molecule has 0 radical (unpaired) electrons. The van der Waals surface area contributed by atoms with Crippen molar-refractivity contribution >= 4 is 38.7 Å². The maximum atomic E-state index is 4.58. The smallest absolute Gasteiger partial charge is 0.141 e. The molecule has 1 aliphatic rings. The zero-order chi connectivity index (χ0) is 13.5. The van der Waals surface area contributed by atoms with Crippen molar-refractivity contribution in [2.45, 2.75) is 25.8 Å². The molecule has 1 atom stereocenters. The highest BCUT2D eigenvalue weighted by molar-refractivity contribution is 7.16. The van der Waals surface area contributed by atoms with Crippen LogP contribution in [-0.2, 0) is 6.42 Å². The van der Waals surface area contributed by atoms with Crippen LogP contribution in [0.4, 0.5) is 5.82 Å². The zero-order valence-corrected chi connectivity index (χ0v) is 12.9. The van der Waals surface area contributed by atoms with Gasteiger partial charge in [0.1, 0.15) is 17.0 Å². The van der Waals surface area contributed by atoms with Crippen LogP contribution in [0.5, 0.6) is 0 Å². The van der Waals surface area contributed by atoms with Crippen molar-refractivity contribution in [1.82, 2.24) is 9.97 Å². The van der Waals surface area contributed by atoms with Gasteiger partial charge in [0, 0.05) is 11.4 Å². The molecule has 4 rings (SSSR count). The first-order chi connectivity index (χ1) is 9.88. The van der Waals surface area contributed by atoms with E-state index in [9.17, 15) is 0 Å². The van der Waals surface area contributed by atoms with E-state index in [1.807, 2.05) is 11.3 Å². The van der Waals surface area contributed by atoms with Gasteiger partial charge < -0.3 is 4.90 Å². The predicted molar refractivity (Wildman–Crippen MR) is 85.8 cm³/mol. The Morgan fingerprint density at radius 2 is 2.15 bits per heavy atom. The quantitative estimate of drug-likeness (QED) is 0.708. The fourth-order valence-corrected chi connectivity index (χ4v) is 4.75. The second-order valence-corrected chi connectivity index (χ2v) is 6.90. The molecule has 0 fully saturated rings. The molecule has 0 unspecified atom stereocenters. The van der Waals surface area contributed by atoms with Crippen LogP contribution in [0.25, 0.3) is 10.2 Å². The maximum absolute atomic E-state index is 4.58. The first-order valence-electron chi connectivity index (χ1n) is 6.89. The summed E-state index contributed by atoms with van der Waals surface area (Å²) in [7, 11) is 0. The van der Waals surface area contributed by atoms with E-state index in [1.165, 1.54) is 10.9 Å². The van der Waals surface area contributed by atoms with E-state index in [4.69, 9.17) is 0 Å². The van der Waals surface area contributed by atoms with Gasteiger partial charge in [-0.3, -0.25) is 0 Å². The number of nitrogens with zero attached hydrogens (tertiary/aromatic N) is 3. The molecule has 3 aromatic rings. The van der Waals surface area contributed by atoms with Crippen LogP contribution in [0, 0.1) is 0 Å². The molecule has 0 saturated carbocycles. The van der Waals surface area contributed by atoms with Gasteiger partial charge in [-0.25, -0.2) is 9.97 Å². The summed E-state index contributed by atoms with van der Waals surface area (Å²) in [5.74, 6) is 1.10. The Morgan fingerprint density at radius 3 is 3.05 bits per heavy atom. The molecule has 0 aromatic carbocycles. The standard InChI is InChI=1S/C15H15N3S2/c1-2-12-10-4-7-19-13(10)3-6-18(12)14-11-5-8-20-15(11)17-9-16-14/h4-5,7-9,12H,2-3,6H2,1H3/t12-/m1/s1. The monoisotopic (exact) mass is 301 g/mol. The first kappa shape index (κ1) is 12.3. The minimum atomic E-state index is 0.447. The van der Waals surface area contributed by atoms with Crippen LogP contribution in [0.15, 0.2) is 29.2 Å². The second-order valence-electron chi connectivity index (χ2n) is 5.00. The van der Waals surface area contributed by atoms with Crippen molar-refractivity contribution in [2.75, 3.05) is 11.4 Å². The van der Waals surface area contributed by atoms with Crippen molar-refractivity contribution in [2.24, 2.45) is 0 Å². The number of thiophene rings is 2. The Kier molecular flexibility index (Phi) is 2.97. The van der Waals surface area contributed by atoms with E-state index in [2.05, 4.69) is 44.7 Å². The molecule has 0 saturated heterocycles. The molecular weight excluding hydrogens is 286 g/mol. The Bertz CT molecular complexity index is 746. The van der Waals surface area contributed by atoms with Crippen molar-refractivity contribution < 1.29 is 0 Å². The summed E-state index contributed by atoms with van der Waals surface area (Å²) in [5.41, 5.74) is 1.49. The van der Waals surface area contributed by atoms with Crippen molar-refractivity contribution in [1.29, 1.82) is 0 Å². The third-order valence-electron chi connectivity index (χ3n) is 3.99. The van der Waals surface area contributed by atoms with Crippen molar-refractivity contribution in [3.8, 4) is 0 Å². The summed E-state index contributed by atoms with van der Waals surface area (Å²) in [4.78, 5) is 14.0. The third-order valence-corrected chi connectivity index (χ3v) is 5.81. The predicted octanol–water partition coefficient (Wildman–Crippen LogP) is 4.27. The van der Waals surface area contributed by atoms with Crippen LogP contribution in [0.1, 0.15) is 29.8 Å². The lowest BCUT2D eigenvalue weighted by atomic mass is 9.97. The van der Waals surface area contributed by atoms with E-state index in [-0.39, 0.29) is 0 Å². The SMILES string of the molecule is CC[C@@H]1c2ccsc2CCN1c1ncnc2sccc12. The van der Waals surface area contributed by atoms with Crippen LogP contribution < -0.4 is 4.90 Å². The summed E-state index contributed by atoms with van der Waals surface area (Å²) < 4.78 is 0. The topological polar surface area (TPSA) is 29.0 Å². The Balaban J connectivity index is 1.84. The fraction of sp³-hybridized carbons (Fsp3) is 0.333. The van der Waals surface area contributed by atoms with Gasteiger partial charge in [-0.1, -0.05) is 6.92 Å². The number of anilines is 1. The van der Waals surface area contributed by atoms with E-state index in [0.29, 0.717) is 6.04 Å². The van der Waals surface area contributed by atoms with Crippen LogP contribution >= 0.6 is 22.7 Å². The van der Waals surface area contributed by atoms with Gasteiger partial charge in [0.05, 0.1) is 11.4 Å². The first-order valence-corrected chi connectivity index (χ1v) is 8.65. The third kappa shape index (κ3) is 1.77. The molecule has 0 N–H and O–H groups in total. The van der Waals surface area contributed by atoms with E-state index < -0.39 is 0 Å². The van der Waals surface area contributed by atoms with Gasteiger partial charge in [0.15, 0.2) is 0 Å². The Labute approximate surface area is 125 Å². The number of aromatic nitrogens is 2. The van der Waals surface area contributed by atoms with Gasteiger partial charge in [-0.05, 0) is 41.3 Å². The van der Waals surface area contributed by atoms with E-state index in [0.717, 1.165) is 30.0 Å².